The van der Waals surface area contributed by atoms with Gasteiger partial charge in [-0.1, -0.05) is 12.1 Å². The number of carbonyl (C=O) groups is 3. The molecule has 11 heteroatoms. The maximum Gasteiger partial charge on any atom is 0.335 e. The van der Waals surface area contributed by atoms with E-state index in [2.05, 4.69) is 9.97 Å². The first-order valence-corrected chi connectivity index (χ1v) is 11.7. The largest absolute Gasteiger partial charge is 0.507 e. The van der Waals surface area contributed by atoms with Crippen LogP contribution in [-0.2, 0) is 9.59 Å². The summed E-state index contributed by atoms with van der Waals surface area (Å²) in [4.78, 5) is 46.9. The van der Waals surface area contributed by atoms with Crippen molar-refractivity contribution in [1.82, 2.24) is 9.97 Å². The van der Waals surface area contributed by atoms with Crippen LogP contribution in [0.4, 0.5) is 5.95 Å². The number of hydrogen-bond donors (Lipinski definition) is 3. The minimum atomic E-state index is -1.12. The van der Waals surface area contributed by atoms with Crippen LogP contribution in [0.5, 0.6) is 17.2 Å². The topological polar surface area (TPSA) is 151 Å². The molecular weight excluding hydrogens is 506 g/mol. The van der Waals surface area contributed by atoms with Gasteiger partial charge in [-0.05, 0) is 54.1 Å². The van der Waals surface area contributed by atoms with Crippen LogP contribution in [0, 0.1) is 0 Å². The quantitative estimate of drug-likeness (QED) is 0.184. The molecule has 4 aromatic rings. The molecule has 0 bridgehead atoms. The Labute approximate surface area is 221 Å². The number of benzene rings is 3. The lowest BCUT2D eigenvalue weighted by Gasteiger charge is -2.23. The number of nitrogens with zero attached hydrogens (tertiary/aromatic N) is 2. The Bertz CT molecular complexity index is 1660. The normalized spacial score (nSPS) is 16.5. The molecule has 1 amide bonds. The molecule has 2 heterocycles. The number of carboxylic acid groups (broad SMARTS) is 1. The van der Waals surface area contributed by atoms with Gasteiger partial charge in [0.2, 0.25) is 5.95 Å². The Kier molecular flexibility index (Phi) is 6.40. The van der Waals surface area contributed by atoms with Crippen molar-refractivity contribution in [3.63, 3.8) is 0 Å². The number of fused-ring (bicyclic) bond motifs is 1. The lowest BCUT2D eigenvalue weighted by atomic mass is 9.95. The van der Waals surface area contributed by atoms with Gasteiger partial charge in [-0.2, -0.15) is 0 Å². The van der Waals surface area contributed by atoms with E-state index >= 15 is 0 Å². The molecule has 39 heavy (non-hydrogen) atoms. The van der Waals surface area contributed by atoms with Crippen LogP contribution >= 0.6 is 0 Å². The van der Waals surface area contributed by atoms with Crippen molar-refractivity contribution in [1.29, 1.82) is 0 Å². The number of imidazole rings is 1. The summed E-state index contributed by atoms with van der Waals surface area (Å²) in [5.74, 6) is -2.07. The summed E-state index contributed by atoms with van der Waals surface area (Å²) in [6, 6.07) is 14.5. The van der Waals surface area contributed by atoms with Gasteiger partial charge in [-0.15, -0.1) is 0 Å². The average Bonchev–Trinajstić information content (AvgIpc) is 3.49. The van der Waals surface area contributed by atoms with Crippen molar-refractivity contribution in [3.05, 3.63) is 82.9 Å². The molecule has 1 unspecified atom stereocenters. The number of ketones is 1. The first-order valence-electron chi connectivity index (χ1n) is 11.7. The number of Topliss-reactive ketones (excluding diaryl/α,β-unsaturated/α-hetero) is 1. The second-order valence-electron chi connectivity index (χ2n) is 8.61. The molecule has 1 saturated heterocycles. The van der Waals surface area contributed by atoms with E-state index < -0.39 is 29.5 Å². The number of nitrogens with one attached hydrogen (secondary N) is 1. The highest BCUT2D eigenvalue weighted by Crippen LogP contribution is 2.43. The van der Waals surface area contributed by atoms with Crippen LogP contribution in [0.2, 0.25) is 0 Å². The standard InChI is InChI=1S/C28H23N3O8/c1-37-17-8-4-14(5-9-17)23-22(24(32)15-7-11-20(38-2)21(13-15)39-3)25(33)26(34)31(23)28-29-18-10-6-16(27(35)36)12-19(18)30-28/h4-13,23,32H,1-3H3,(H,29,30)(H,35,36)/b24-22+. The summed E-state index contributed by atoms with van der Waals surface area (Å²) >= 11 is 0. The van der Waals surface area contributed by atoms with Crippen LogP contribution in [0.3, 0.4) is 0 Å². The van der Waals surface area contributed by atoms with Gasteiger partial charge in [0.15, 0.2) is 11.5 Å². The molecule has 1 aliphatic rings. The molecule has 1 aliphatic heterocycles. The van der Waals surface area contributed by atoms with E-state index in [-0.39, 0.29) is 22.6 Å². The number of rotatable bonds is 7. The Morgan fingerprint density at radius 1 is 0.872 bits per heavy atom. The fraction of sp³-hybridized carbons (Fsp3) is 0.143. The number of amides is 1. The third-order valence-corrected chi connectivity index (χ3v) is 6.48. The Morgan fingerprint density at radius 2 is 1.56 bits per heavy atom. The van der Waals surface area contributed by atoms with Crippen LogP contribution in [0.25, 0.3) is 16.8 Å². The molecule has 198 valence electrons. The molecule has 0 aliphatic carbocycles. The summed E-state index contributed by atoms with van der Waals surface area (Å²) in [6.45, 7) is 0. The number of aliphatic hydroxyl groups excluding tert-OH is 1. The number of aromatic carboxylic acids is 1. The molecule has 0 saturated carbocycles. The minimum Gasteiger partial charge on any atom is -0.507 e. The van der Waals surface area contributed by atoms with Gasteiger partial charge in [-0.25, -0.2) is 9.78 Å². The van der Waals surface area contributed by atoms with Crippen molar-refractivity contribution in [3.8, 4) is 17.2 Å². The highest BCUT2D eigenvalue weighted by molar-refractivity contribution is 6.51. The molecule has 3 aromatic carbocycles. The number of aromatic amines is 1. The third kappa shape index (κ3) is 4.29. The number of carbonyl (C=O) groups excluding carboxylic acids is 2. The molecule has 11 nitrogen and oxygen atoms in total. The van der Waals surface area contributed by atoms with Gasteiger partial charge in [0.05, 0.1) is 49.5 Å². The van der Waals surface area contributed by atoms with E-state index in [0.717, 1.165) is 4.90 Å². The third-order valence-electron chi connectivity index (χ3n) is 6.48. The van der Waals surface area contributed by atoms with Crippen molar-refractivity contribution >= 4 is 40.4 Å². The summed E-state index contributed by atoms with van der Waals surface area (Å²) in [7, 11) is 4.42. The second kappa shape index (κ2) is 9.86. The highest BCUT2D eigenvalue weighted by atomic mass is 16.5. The van der Waals surface area contributed by atoms with Crippen molar-refractivity contribution in [2.24, 2.45) is 0 Å². The zero-order chi connectivity index (χ0) is 27.8. The summed E-state index contributed by atoms with van der Waals surface area (Å²) in [5, 5.41) is 20.7. The average molecular weight is 530 g/mol. The first kappa shape index (κ1) is 25.3. The molecule has 3 N–H and O–H groups in total. The first-order chi connectivity index (χ1) is 18.8. The Balaban J connectivity index is 1.71. The van der Waals surface area contributed by atoms with Gasteiger partial charge in [0.1, 0.15) is 11.5 Å². The summed E-state index contributed by atoms with van der Waals surface area (Å²) in [6.07, 6.45) is 0. The van der Waals surface area contributed by atoms with Crippen LogP contribution in [0.15, 0.2) is 66.2 Å². The number of methoxy groups -OCH3 is 3. The Morgan fingerprint density at radius 3 is 2.21 bits per heavy atom. The number of H-pyrrole nitrogens is 1. The maximum absolute atomic E-state index is 13.4. The van der Waals surface area contributed by atoms with E-state index in [1.165, 1.54) is 45.6 Å². The minimum absolute atomic E-state index is 0.0156. The SMILES string of the molecule is COc1ccc(C2/C(=C(\O)c3ccc(OC)c(OC)c3)C(=O)C(=O)N2c2nc3ccc(C(=O)O)cc3[nH]2)cc1. The maximum atomic E-state index is 13.4. The molecule has 0 radical (unpaired) electrons. The van der Waals surface area contributed by atoms with Gasteiger partial charge >= 0.3 is 11.9 Å². The Hall–Kier alpha value is -5.32. The molecule has 1 fully saturated rings. The lowest BCUT2D eigenvalue weighted by molar-refractivity contribution is -0.132. The van der Waals surface area contributed by atoms with Crippen molar-refractivity contribution in [2.75, 3.05) is 26.2 Å². The second-order valence-corrected chi connectivity index (χ2v) is 8.61. The molecule has 1 atom stereocenters. The van der Waals surface area contributed by atoms with Crippen LogP contribution in [0.1, 0.15) is 27.5 Å². The number of aliphatic hydroxyl groups is 1. The van der Waals surface area contributed by atoms with Crippen molar-refractivity contribution in [2.45, 2.75) is 6.04 Å². The molecule has 0 spiro atoms. The number of carboxylic acids is 1. The zero-order valence-electron chi connectivity index (χ0n) is 21.1. The number of aromatic nitrogens is 2. The fourth-order valence-corrected chi connectivity index (χ4v) is 4.53. The number of anilines is 1. The molecule has 5 rings (SSSR count). The smallest absolute Gasteiger partial charge is 0.335 e. The van der Waals surface area contributed by atoms with Crippen LogP contribution < -0.4 is 19.1 Å². The van der Waals surface area contributed by atoms with Crippen molar-refractivity contribution < 1.29 is 38.8 Å². The van der Waals surface area contributed by atoms with E-state index in [1.807, 2.05) is 0 Å². The van der Waals surface area contributed by atoms with Gasteiger partial charge in [-0.3, -0.25) is 14.5 Å². The fourth-order valence-electron chi connectivity index (χ4n) is 4.53. The summed E-state index contributed by atoms with van der Waals surface area (Å²) in [5.41, 5.74) is 1.36. The highest BCUT2D eigenvalue weighted by Gasteiger charge is 2.48. The molecular formula is C28H23N3O8. The van der Waals surface area contributed by atoms with E-state index in [1.54, 1.807) is 36.4 Å². The number of ether oxygens (including phenoxy) is 3. The lowest BCUT2D eigenvalue weighted by Crippen LogP contribution is -2.30. The number of hydrogen-bond acceptors (Lipinski definition) is 8. The van der Waals surface area contributed by atoms with E-state index in [4.69, 9.17) is 14.2 Å². The van der Waals surface area contributed by atoms with Gasteiger partial charge < -0.3 is 29.4 Å². The predicted octanol–water partition coefficient (Wildman–Crippen LogP) is 3.91. The summed E-state index contributed by atoms with van der Waals surface area (Å²) < 4.78 is 15.8. The van der Waals surface area contributed by atoms with E-state index in [9.17, 15) is 24.6 Å². The van der Waals surface area contributed by atoms with Gasteiger partial charge in [0.25, 0.3) is 5.78 Å². The zero-order valence-corrected chi connectivity index (χ0v) is 21.1. The predicted molar refractivity (Wildman–Crippen MR) is 140 cm³/mol. The van der Waals surface area contributed by atoms with Crippen LogP contribution in [-0.4, -0.2) is 59.2 Å². The van der Waals surface area contributed by atoms with Gasteiger partial charge in [0, 0.05) is 5.56 Å². The monoisotopic (exact) mass is 529 g/mol. The van der Waals surface area contributed by atoms with E-state index in [0.29, 0.717) is 33.8 Å². The molecule has 1 aromatic heterocycles.